The van der Waals surface area contributed by atoms with Crippen LogP contribution >= 0.6 is 35.2 Å². The fourth-order valence-electron chi connectivity index (χ4n) is 2.34. The molecular formula is C16H18ClN5O2S2. The lowest BCUT2D eigenvalue weighted by Crippen LogP contribution is -2.44. The van der Waals surface area contributed by atoms with Gasteiger partial charge in [-0.25, -0.2) is 4.98 Å². The first-order chi connectivity index (χ1) is 12.5. The van der Waals surface area contributed by atoms with E-state index in [1.807, 2.05) is 19.1 Å². The van der Waals surface area contributed by atoms with Gasteiger partial charge in [-0.2, -0.15) is 0 Å². The van der Waals surface area contributed by atoms with E-state index in [0.29, 0.717) is 23.9 Å². The van der Waals surface area contributed by atoms with Gasteiger partial charge in [0.1, 0.15) is 5.69 Å². The molecule has 1 aromatic heterocycles. The van der Waals surface area contributed by atoms with Crippen LogP contribution in [0, 0.1) is 6.92 Å². The number of morpholine rings is 1. The molecule has 0 atom stereocenters. The van der Waals surface area contributed by atoms with E-state index in [1.165, 1.54) is 11.3 Å². The lowest BCUT2D eigenvalue weighted by molar-refractivity contribution is 0.0940. The van der Waals surface area contributed by atoms with Gasteiger partial charge in [0.15, 0.2) is 10.2 Å². The van der Waals surface area contributed by atoms with Crippen molar-refractivity contribution in [2.75, 3.05) is 36.5 Å². The van der Waals surface area contributed by atoms with Crippen LogP contribution in [0.15, 0.2) is 23.6 Å². The summed E-state index contributed by atoms with van der Waals surface area (Å²) in [6.07, 6.45) is 0. The average Bonchev–Trinajstić information content (AvgIpc) is 3.14. The molecule has 1 fully saturated rings. The van der Waals surface area contributed by atoms with Crippen LogP contribution in [0.5, 0.6) is 0 Å². The van der Waals surface area contributed by atoms with Crippen molar-refractivity contribution >= 4 is 57.0 Å². The fourth-order valence-corrected chi connectivity index (χ4v) is 3.54. The van der Waals surface area contributed by atoms with Crippen LogP contribution < -0.4 is 21.1 Å². The second-order valence-electron chi connectivity index (χ2n) is 5.56. The van der Waals surface area contributed by atoms with Crippen molar-refractivity contribution in [3.05, 3.63) is 39.9 Å². The third-order valence-corrected chi connectivity index (χ3v) is 5.33. The summed E-state index contributed by atoms with van der Waals surface area (Å²) in [4.78, 5) is 18.7. The molecule has 1 saturated heterocycles. The zero-order valence-electron chi connectivity index (χ0n) is 14.0. The number of benzene rings is 1. The first kappa shape index (κ1) is 18.8. The lowest BCUT2D eigenvalue weighted by atomic mass is 10.2. The summed E-state index contributed by atoms with van der Waals surface area (Å²) in [7, 11) is 0. The van der Waals surface area contributed by atoms with Crippen LogP contribution in [-0.2, 0) is 4.74 Å². The van der Waals surface area contributed by atoms with Crippen molar-refractivity contribution in [2.45, 2.75) is 6.92 Å². The summed E-state index contributed by atoms with van der Waals surface area (Å²) in [6, 6.07) is 5.47. The summed E-state index contributed by atoms with van der Waals surface area (Å²) in [5, 5.41) is 6.43. The number of halogens is 1. The molecule has 10 heteroatoms. The monoisotopic (exact) mass is 411 g/mol. The van der Waals surface area contributed by atoms with Crippen molar-refractivity contribution in [2.24, 2.45) is 0 Å². The number of carbonyl (C=O) groups is 1. The maximum Gasteiger partial charge on any atom is 0.289 e. The highest BCUT2D eigenvalue weighted by Crippen LogP contribution is 2.23. The first-order valence-electron chi connectivity index (χ1n) is 7.95. The largest absolute Gasteiger partial charge is 0.378 e. The predicted molar refractivity (Wildman–Crippen MR) is 108 cm³/mol. The number of ether oxygens (including phenoxy) is 1. The molecule has 0 spiro atoms. The van der Waals surface area contributed by atoms with Crippen LogP contribution in [0.1, 0.15) is 16.1 Å². The third-order valence-electron chi connectivity index (χ3n) is 3.81. The molecule has 2 heterocycles. The molecule has 26 heavy (non-hydrogen) atoms. The van der Waals surface area contributed by atoms with Gasteiger partial charge in [-0.05, 0) is 36.8 Å². The minimum absolute atomic E-state index is 0.257. The van der Waals surface area contributed by atoms with Crippen molar-refractivity contribution in [3.63, 3.8) is 0 Å². The highest BCUT2D eigenvalue weighted by Gasteiger charge is 2.17. The summed E-state index contributed by atoms with van der Waals surface area (Å²) in [6.45, 7) is 4.78. The van der Waals surface area contributed by atoms with Crippen molar-refractivity contribution in [3.8, 4) is 0 Å². The lowest BCUT2D eigenvalue weighted by Gasteiger charge is -2.25. The Morgan fingerprint density at radius 2 is 2.12 bits per heavy atom. The maximum absolute atomic E-state index is 12.2. The smallest absolute Gasteiger partial charge is 0.289 e. The van der Waals surface area contributed by atoms with Gasteiger partial charge in [-0.15, -0.1) is 11.3 Å². The van der Waals surface area contributed by atoms with Gasteiger partial charge in [-0.3, -0.25) is 15.6 Å². The maximum atomic E-state index is 12.2. The summed E-state index contributed by atoms with van der Waals surface area (Å²) >= 11 is 12.7. The third kappa shape index (κ3) is 4.61. The van der Waals surface area contributed by atoms with Crippen molar-refractivity contribution < 1.29 is 9.53 Å². The second kappa shape index (κ2) is 8.63. The minimum atomic E-state index is -0.354. The number of thiazole rings is 1. The van der Waals surface area contributed by atoms with E-state index in [-0.39, 0.29) is 11.0 Å². The quantitative estimate of drug-likeness (QED) is 0.529. The van der Waals surface area contributed by atoms with Crippen LogP contribution in [0.25, 0.3) is 0 Å². The van der Waals surface area contributed by atoms with Gasteiger partial charge in [-0.1, -0.05) is 17.7 Å². The van der Waals surface area contributed by atoms with E-state index >= 15 is 0 Å². The highest BCUT2D eigenvalue weighted by molar-refractivity contribution is 7.80. The molecule has 0 aliphatic carbocycles. The molecule has 0 unspecified atom stereocenters. The van der Waals surface area contributed by atoms with Gasteiger partial charge in [0.05, 0.1) is 13.2 Å². The van der Waals surface area contributed by atoms with Gasteiger partial charge in [0, 0.05) is 29.2 Å². The average molecular weight is 412 g/mol. The molecule has 1 amide bonds. The number of hydrogen-bond acceptors (Lipinski definition) is 6. The molecule has 2 aromatic rings. The van der Waals surface area contributed by atoms with Crippen LogP contribution in [0.2, 0.25) is 5.02 Å². The number of amides is 1. The molecule has 7 nitrogen and oxygen atoms in total. The molecule has 0 bridgehead atoms. The van der Waals surface area contributed by atoms with Gasteiger partial charge < -0.3 is 15.0 Å². The Morgan fingerprint density at radius 3 is 2.88 bits per heavy atom. The second-order valence-corrected chi connectivity index (χ2v) is 7.21. The number of hydrogen-bond donors (Lipinski definition) is 3. The summed E-state index contributed by atoms with van der Waals surface area (Å²) < 4.78 is 5.32. The molecule has 0 saturated carbocycles. The first-order valence-corrected chi connectivity index (χ1v) is 9.62. The number of thiocarbonyl (C=S) groups is 1. The predicted octanol–water partition coefficient (Wildman–Crippen LogP) is 2.57. The number of hydrazine groups is 1. The Hall–Kier alpha value is -1.94. The Labute approximate surface area is 165 Å². The molecule has 1 aliphatic rings. The Kier molecular flexibility index (Phi) is 6.25. The van der Waals surface area contributed by atoms with Gasteiger partial charge in [0.2, 0.25) is 0 Å². The summed E-state index contributed by atoms with van der Waals surface area (Å²) in [5.74, 6) is -0.354. The van der Waals surface area contributed by atoms with Crippen LogP contribution in [-0.4, -0.2) is 42.3 Å². The van der Waals surface area contributed by atoms with Crippen molar-refractivity contribution in [1.29, 1.82) is 0 Å². The van der Waals surface area contributed by atoms with E-state index < -0.39 is 0 Å². The van der Waals surface area contributed by atoms with Gasteiger partial charge >= 0.3 is 0 Å². The molecule has 138 valence electrons. The van der Waals surface area contributed by atoms with E-state index in [9.17, 15) is 4.79 Å². The Balaban J connectivity index is 1.53. The fraction of sp³-hybridized carbons (Fsp3) is 0.312. The molecule has 1 aliphatic heterocycles. The van der Waals surface area contributed by atoms with E-state index in [2.05, 4.69) is 26.1 Å². The van der Waals surface area contributed by atoms with Crippen LogP contribution in [0.3, 0.4) is 0 Å². The van der Waals surface area contributed by atoms with E-state index in [4.69, 9.17) is 28.6 Å². The summed E-state index contributed by atoms with van der Waals surface area (Å²) in [5.41, 5.74) is 7.20. The minimum Gasteiger partial charge on any atom is -0.378 e. The Morgan fingerprint density at radius 1 is 1.35 bits per heavy atom. The van der Waals surface area contributed by atoms with Crippen LogP contribution in [0.4, 0.5) is 10.8 Å². The number of nitrogens with one attached hydrogen (secondary N) is 3. The van der Waals surface area contributed by atoms with E-state index in [1.54, 1.807) is 11.4 Å². The molecule has 1 aromatic carbocycles. The standard InChI is InChI=1S/C16H18ClN5O2S2/c1-10-11(17)3-2-4-12(10)18-15(25)21-20-14(23)13-9-26-16(19-13)22-5-7-24-8-6-22/h2-4,9H,5-8H2,1H3,(H,20,23)(H2,18,21,25). The molecular weight excluding hydrogens is 394 g/mol. The Bertz CT molecular complexity index is 808. The molecule has 0 radical (unpaired) electrons. The number of carbonyl (C=O) groups excluding carboxylic acids is 1. The number of rotatable bonds is 3. The molecule has 3 N–H and O–H groups in total. The zero-order chi connectivity index (χ0) is 18.5. The number of aromatic nitrogens is 1. The highest BCUT2D eigenvalue weighted by atomic mass is 35.5. The number of nitrogens with zero attached hydrogens (tertiary/aromatic N) is 2. The van der Waals surface area contributed by atoms with Gasteiger partial charge in [0.25, 0.3) is 5.91 Å². The molecule has 3 rings (SSSR count). The topological polar surface area (TPSA) is 78.5 Å². The number of anilines is 2. The zero-order valence-corrected chi connectivity index (χ0v) is 16.4. The van der Waals surface area contributed by atoms with E-state index in [0.717, 1.165) is 29.5 Å². The normalized spacial score (nSPS) is 14.0. The van der Waals surface area contributed by atoms with Crippen molar-refractivity contribution in [1.82, 2.24) is 15.8 Å². The SMILES string of the molecule is Cc1c(Cl)cccc1NC(=S)NNC(=O)c1csc(N2CCOCC2)n1.